The highest BCUT2D eigenvalue weighted by atomic mass is 32.2. The zero-order chi connectivity index (χ0) is 10.6. The Hall–Kier alpha value is -1.24. The van der Waals surface area contributed by atoms with E-state index in [1.54, 1.807) is 11.8 Å². The SMILES string of the molecule is CSCCCn1ncc([N+](=O)[O-])c1N. The maximum Gasteiger partial charge on any atom is 0.330 e. The molecule has 7 heteroatoms. The Kier molecular flexibility index (Phi) is 3.75. The fraction of sp³-hybridized carbons (Fsp3) is 0.571. The summed E-state index contributed by atoms with van der Waals surface area (Å²) < 4.78 is 1.47. The molecule has 14 heavy (non-hydrogen) atoms. The smallest absolute Gasteiger partial charge is 0.330 e. The van der Waals surface area contributed by atoms with Crippen LogP contribution in [0.1, 0.15) is 6.42 Å². The molecule has 0 saturated carbocycles. The van der Waals surface area contributed by atoms with Gasteiger partial charge in [-0.05, 0) is 18.4 Å². The minimum atomic E-state index is -0.520. The molecule has 0 aliphatic rings. The lowest BCUT2D eigenvalue weighted by Crippen LogP contribution is -2.06. The third kappa shape index (κ3) is 2.38. The molecule has 0 aliphatic carbocycles. The first-order valence-corrected chi connectivity index (χ1v) is 5.50. The molecule has 1 heterocycles. The standard InChI is InChI=1S/C7H12N4O2S/c1-14-4-2-3-10-7(8)6(5-9-10)11(12)13/h5H,2-4,8H2,1H3. The van der Waals surface area contributed by atoms with E-state index in [1.165, 1.54) is 10.9 Å². The first-order chi connectivity index (χ1) is 6.66. The van der Waals surface area contributed by atoms with Crippen molar-refractivity contribution < 1.29 is 4.92 Å². The minimum absolute atomic E-state index is 0.117. The van der Waals surface area contributed by atoms with Crippen molar-refractivity contribution in [2.24, 2.45) is 0 Å². The molecule has 1 rings (SSSR count). The van der Waals surface area contributed by atoms with Crippen molar-refractivity contribution >= 4 is 23.3 Å². The van der Waals surface area contributed by atoms with Crippen LogP contribution in [-0.4, -0.2) is 26.7 Å². The number of hydrogen-bond donors (Lipinski definition) is 1. The summed E-state index contributed by atoms with van der Waals surface area (Å²) in [6, 6.07) is 0. The molecule has 0 atom stereocenters. The van der Waals surface area contributed by atoms with Crippen LogP contribution in [0.15, 0.2) is 6.20 Å². The first-order valence-electron chi connectivity index (χ1n) is 4.11. The van der Waals surface area contributed by atoms with Crippen LogP contribution >= 0.6 is 11.8 Å². The van der Waals surface area contributed by atoms with Crippen LogP contribution in [0.5, 0.6) is 0 Å². The number of nitrogen functional groups attached to an aromatic ring is 1. The van der Waals surface area contributed by atoms with Gasteiger partial charge in [0.05, 0.1) is 4.92 Å². The maximum absolute atomic E-state index is 10.4. The van der Waals surface area contributed by atoms with Crippen LogP contribution in [-0.2, 0) is 6.54 Å². The summed E-state index contributed by atoms with van der Waals surface area (Å²) in [5, 5.41) is 14.3. The highest BCUT2D eigenvalue weighted by Crippen LogP contribution is 2.19. The Morgan fingerprint density at radius 3 is 3.00 bits per heavy atom. The van der Waals surface area contributed by atoms with Gasteiger partial charge in [0.1, 0.15) is 6.20 Å². The van der Waals surface area contributed by atoms with E-state index in [1.807, 2.05) is 6.26 Å². The fourth-order valence-corrected chi connectivity index (χ4v) is 1.48. The number of hydrogen-bond acceptors (Lipinski definition) is 5. The topological polar surface area (TPSA) is 87.0 Å². The number of rotatable bonds is 5. The first kappa shape index (κ1) is 10.8. The fourth-order valence-electron chi connectivity index (χ4n) is 1.06. The van der Waals surface area contributed by atoms with Crippen molar-refractivity contribution in [2.75, 3.05) is 17.7 Å². The van der Waals surface area contributed by atoms with Crippen LogP contribution in [0.2, 0.25) is 0 Å². The second kappa shape index (κ2) is 4.85. The van der Waals surface area contributed by atoms with E-state index in [0.717, 1.165) is 12.2 Å². The molecular formula is C7H12N4O2S. The summed E-state index contributed by atoms with van der Waals surface area (Å²) >= 11 is 1.72. The number of anilines is 1. The van der Waals surface area contributed by atoms with Gasteiger partial charge >= 0.3 is 5.69 Å². The summed E-state index contributed by atoms with van der Waals surface area (Å²) in [4.78, 5) is 9.91. The molecule has 0 aliphatic heterocycles. The van der Waals surface area contributed by atoms with Gasteiger partial charge < -0.3 is 5.73 Å². The normalized spacial score (nSPS) is 10.4. The highest BCUT2D eigenvalue weighted by Gasteiger charge is 2.16. The molecule has 78 valence electrons. The molecule has 6 nitrogen and oxygen atoms in total. The van der Waals surface area contributed by atoms with E-state index in [0.29, 0.717) is 6.54 Å². The van der Waals surface area contributed by atoms with E-state index in [4.69, 9.17) is 5.73 Å². The van der Waals surface area contributed by atoms with Gasteiger partial charge in [0.2, 0.25) is 5.82 Å². The lowest BCUT2D eigenvalue weighted by molar-refractivity contribution is -0.384. The molecule has 0 fully saturated rings. The molecule has 2 N–H and O–H groups in total. The van der Waals surface area contributed by atoms with Gasteiger partial charge in [0.15, 0.2) is 0 Å². The van der Waals surface area contributed by atoms with Crippen molar-refractivity contribution in [3.05, 3.63) is 16.3 Å². The van der Waals surface area contributed by atoms with E-state index < -0.39 is 4.92 Å². The van der Waals surface area contributed by atoms with Gasteiger partial charge in [0, 0.05) is 6.54 Å². The number of nitrogens with two attached hydrogens (primary N) is 1. The largest absolute Gasteiger partial charge is 0.378 e. The Bertz CT molecular complexity index is 325. The summed E-state index contributed by atoms with van der Waals surface area (Å²) in [7, 11) is 0. The van der Waals surface area contributed by atoms with Crippen LogP contribution in [0, 0.1) is 10.1 Å². The third-order valence-electron chi connectivity index (χ3n) is 1.77. The number of nitro groups is 1. The number of aromatic nitrogens is 2. The predicted octanol–water partition coefficient (Wildman–Crippen LogP) is 1.13. The molecule has 0 spiro atoms. The third-order valence-corrected chi connectivity index (χ3v) is 2.47. The molecule has 0 bridgehead atoms. The average molecular weight is 216 g/mol. The van der Waals surface area contributed by atoms with Gasteiger partial charge in [-0.2, -0.15) is 16.9 Å². The van der Waals surface area contributed by atoms with Crippen molar-refractivity contribution in [3.8, 4) is 0 Å². The van der Waals surface area contributed by atoms with E-state index in [9.17, 15) is 10.1 Å². The molecule has 0 amide bonds. The van der Waals surface area contributed by atoms with Crippen molar-refractivity contribution in [1.29, 1.82) is 0 Å². The second-order valence-electron chi connectivity index (χ2n) is 2.74. The lowest BCUT2D eigenvalue weighted by Gasteiger charge is -2.01. The van der Waals surface area contributed by atoms with E-state index in [2.05, 4.69) is 5.10 Å². The lowest BCUT2D eigenvalue weighted by atomic mass is 10.4. The zero-order valence-corrected chi connectivity index (χ0v) is 8.66. The van der Waals surface area contributed by atoms with Gasteiger partial charge in [-0.3, -0.25) is 10.1 Å². The molecular weight excluding hydrogens is 204 g/mol. The van der Waals surface area contributed by atoms with Crippen LogP contribution < -0.4 is 5.73 Å². The Morgan fingerprint density at radius 1 is 1.79 bits per heavy atom. The van der Waals surface area contributed by atoms with E-state index >= 15 is 0 Å². The maximum atomic E-state index is 10.4. The summed E-state index contributed by atoms with van der Waals surface area (Å²) in [6.45, 7) is 0.626. The van der Waals surface area contributed by atoms with Crippen LogP contribution in [0.4, 0.5) is 11.5 Å². The van der Waals surface area contributed by atoms with Crippen molar-refractivity contribution in [3.63, 3.8) is 0 Å². The molecule has 0 aromatic carbocycles. The highest BCUT2D eigenvalue weighted by molar-refractivity contribution is 7.98. The van der Waals surface area contributed by atoms with Gasteiger partial charge in [-0.25, -0.2) is 4.68 Å². The average Bonchev–Trinajstić information content (AvgIpc) is 2.48. The van der Waals surface area contributed by atoms with Crippen molar-refractivity contribution in [1.82, 2.24) is 9.78 Å². The summed E-state index contributed by atoms with van der Waals surface area (Å²) in [6.07, 6.45) is 4.10. The minimum Gasteiger partial charge on any atom is -0.378 e. The number of thioether (sulfide) groups is 1. The zero-order valence-electron chi connectivity index (χ0n) is 7.84. The monoisotopic (exact) mass is 216 g/mol. The summed E-state index contributed by atoms with van der Waals surface area (Å²) in [5.41, 5.74) is 5.42. The Labute approximate surface area is 85.6 Å². The quantitative estimate of drug-likeness (QED) is 0.453. The van der Waals surface area contributed by atoms with Crippen molar-refractivity contribution in [2.45, 2.75) is 13.0 Å². The molecule has 0 saturated heterocycles. The predicted molar refractivity (Wildman–Crippen MR) is 56.3 cm³/mol. The Morgan fingerprint density at radius 2 is 2.50 bits per heavy atom. The molecule has 0 radical (unpaired) electrons. The number of nitrogens with zero attached hydrogens (tertiary/aromatic N) is 3. The second-order valence-corrected chi connectivity index (χ2v) is 3.73. The molecule has 1 aromatic heterocycles. The van der Waals surface area contributed by atoms with Gasteiger partial charge in [-0.1, -0.05) is 0 Å². The van der Waals surface area contributed by atoms with Crippen LogP contribution in [0.25, 0.3) is 0 Å². The van der Waals surface area contributed by atoms with Crippen LogP contribution in [0.3, 0.4) is 0 Å². The van der Waals surface area contributed by atoms with Gasteiger partial charge in [-0.15, -0.1) is 0 Å². The van der Waals surface area contributed by atoms with Gasteiger partial charge in [0.25, 0.3) is 0 Å². The van der Waals surface area contributed by atoms with E-state index in [-0.39, 0.29) is 11.5 Å². The molecule has 1 aromatic rings. The Balaban J connectivity index is 2.65. The summed E-state index contributed by atoms with van der Waals surface area (Å²) in [5.74, 6) is 1.13. The number of aryl methyl sites for hydroxylation is 1. The molecule has 0 unspecified atom stereocenters.